The lowest BCUT2D eigenvalue weighted by Crippen LogP contribution is -2.08. The van der Waals surface area contributed by atoms with Gasteiger partial charge in [0.25, 0.3) is 0 Å². The first-order valence-corrected chi connectivity index (χ1v) is 6.68. The lowest BCUT2D eigenvalue weighted by atomic mass is 10.3. The summed E-state index contributed by atoms with van der Waals surface area (Å²) in [6, 6.07) is 2.05. The van der Waals surface area contributed by atoms with Crippen molar-refractivity contribution < 1.29 is 4.74 Å². The summed E-state index contributed by atoms with van der Waals surface area (Å²) in [5.41, 5.74) is 0. The second-order valence-corrected chi connectivity index (χ2v) is 4.91. The molecule has 0 atom stereocenters. The Morgan fingerprint density at radius 2 is 2.24 bits per heavy atom. The quantitative estimate of drug-likeness (QED) is 0.887. The highest BCUT2D eigenvalue weighted by Gasteiger charge is 2.08. The number of hydrogen-bond donors (Lipinski definition) is 1. The van der Waals surface area contributed by atoms with Crippen LogP contribution in [-0.4, -0.2) is 22.6 Å². The Morgan fingerprint density at radius 3 is 2.94 bits per heavy atom. The van der Waals surface area contributed by atoms with Crippen molar-refractivity contribution in [1.82, 2.24) is 9.97 Å². The SMILES string of the molecule is CCNc1nc(COC(C)C)nc2sccc12. The molecule has 0 aliphatic rings. The predicted molar refractivity (Wildman–Crippen MR) is 71.5 cm³/mol. The van der Waals surface area contributed by atoms with Crippen molar-refractivity contribution in [3.63, 3.8) is 0 Å². The molecule has 17 heavy (non-hydrogen) atoms. The third-order valence-electron chi connectivity index (χ3n) is 2.26. The van der Waals surface area contributed by atoms with Gasteiger partial charge in [-0.1, -0.05) is 0 Å². The van der Waals surface area contributed by atoms with E-state index in [-0.39, 0.29) is 6.10 Å². The fraction of sp³-hybridized carbons (Fsp3) is 0.500. The number of nitrogens with zero attached hydrogens (tertiary/aromatic N) is 2. The van der Waals surface area contributed by atoms with Gasteiger partial charge >= 0.3 is 0 Å². The summed E-state index contributed by atoms with van der Waals surface area (Å²) in [5, 5.41) is 6.39. The molecular weight excluding hydrogens is 234 g/mol. The van der Waals surface area contributed by atoms with Gasteiger partial charge < -0.3 is 10.1 Å². The van der Waals surface area contributed by atoms with E-state index in [0.29, 0.717) is 6.61 Å². The highest BCUT2D eigenvalue weighted by atomic mass is 32.1. The van der Waals surface area contributed by atoms with Gasteiger partial charge in [0.05, 0.1) is 11.5 Å². The molecule has 0 saturated carbocycles. The molecule has 0 bridgehead atoms. The van der Waals surface area contributed by atoms with E-state index in [0.717, 1.165) is 28.4 Å². The summed E-state index contributed by atoms with van der Waals surface area (Å²) < 4.78 is 5.54. The molecule has 0 unspecified atom stereocenters. The van der Waals surface area contributed by atoms with Gasteiger partial charge in [-0.05, 0) is 32.2 Å². The number of rotatable bonds is 5. The van der Waals surface area contributed by atoms with Gasteiger partial charge in [-0.25, -0.2) is 9.97 Å². The molecule has 2 heterocycles. The number of nitrogens with one attached hydrogen (secondary N) is 1. The summed E-state index contributed by atoms with van der Waals surface area (Å²) in [6.07, 6.45) is 0.195. The van der Waals surface area contributed by atoms with Crippen LogP contribution in [0.5, 0.6) is 0 Å². The number of aromatic nitrogens is 2. The second-order valence-electron chi connectivity index (χ2n) is 4.02. The maximum Gasteiger partial charge on any atom is 0.158 e. The van der Waals surface area contributed by atoms with Crippen molar-refractivity contribution in [3.05, 3.63) is 17.3 Å². The second kappa shape index (κ2) is 5.42. The lowest BCUT2D eigenvalue weighted by Gasteiger charge is -2.09. The smallest absolute Gasteiger partial charge is 0.158 e. The van der Waals surface area contributed by atoms with E-state index in [1.54, 1.807) is 11.3 Å². The molecule has 2 aromatic rings. The Balaban J connectivity index is 2.30. The van der Waals surface area contributed by atoms with E-state index in [1.807, 2.05) is 25.3 Å². The van der Waals surface area contributed by atoms with E-state index in [9.17, 15) is 0 Å². The zero-order valence-electron chi connectivity index (χ0n) is 10.4. The summed E-state index contributed by atoms with van der Waals surface area (Å²) in [4.78, 5) is 10.00. The van der Waals surface area contributed by atoms with E-state index < -0.39 is 0 Å². The molecule has 2 rings (SSSR count). The van der Waals surface area contributed by atoms with Gasteiger partial charge in [0.2, 0.25) is 0 Å². The molecule has 0 saturated heterocycles. The third kappa shape index (κ3) is 2.92. The van der Waals surface area contributed by atoms with Crippen LogP contribution in [0.25, 0.3) is 10.2 Å². The molecule has 0 radical (unpaired) electrons. The van der Waals surface area contributed by atoms with Crippen LogP contribution in [0.1, 0.15) is 26.6 Å². The molecule has 0 aliphatic carbocycles. The van der Waals surface area contributed by atoms with Gasteiger partial charge in [0.1, 0.15) is 17.3 Å². The molecule has 5 heteroatoms. The van der Waals surface area contributed by atoms with E-state index in [1.165, 1.54) is 0 Å². The van der Waals surface area contributed by atoms with Crippen molar-refractivity contribution in [3.8, 4) is 0 Å². The average Bonchev–Trinajstić information content (AvgIpc) is 2.75. The molecular formula is C12H17N3OS. The topological polar surface area (TPSA) is 47.0 Å². The van der Waals surface area contributed by atoms with Crippen LogP contribution < -0.4 is 5.32 Å². The normalized spacial score (nSPS) is 11.3. The first kappa shape index (κ1) is 12.3. The van der Waals surface area contributed by atoms with Crippen LogP contribution in [-0.2, 0) is 11.3 Å². The largest absolute Gasteiger partial charge is 0.371 e. The standard InChI is InChI=1S/C12H17N3OS/c1-4-13-11-9-5-6-17-12(9)15-10(14-11)7-16-8(2)3/h5-6,8H,4,7H2,1-3H3,(H,13,14,15). The highest BCUT2D eigenvalue weighted by Crippen LogP contribution is 2.25. The van der Waals surface area contributed by atoms with Crippen LogP contribution in [0.2, 0.25) is 0 Å². The molecule has 0 aliphatic heterocycles. The highest BCUT2D eigenvalue weighted by molar-refractivity contribution is 7.16. The molecule has 92 valence electrons. The minimum atomic E-state index is 0.195. The summed E-state index contributed by atoms with van der Waals surface area (Å²) in [5.74, 6) is 1.64. The van der Waals surface area contributed by atoms with Crippen LogP contribution in [0.4, 0.5) is 5.82 Å². The van der Waals surface area contributed by atoms with Crippen LogP contribution in [0.3, 0.4) is 0 Å². The lowest BCUT2D eigenvalue weighted by molar-refractivity contribution is 0.0615. The maximum atomic E-state index is 5.54. The number of fused-ring (bicyclic) bond motifs is 1. The monoisotopic (exact) mass is 251 g/mol. The van der Waals surface area contributed by atoms with Crippen molar-refractivity contribution in [2.75, 3.05) is 11.9 Å². The van der Waals surface area contributed by atoms with Crippen molar-refractivity contribution >= 4 is 27.4 Å². The van der Waals surface area contributed by atoms with Crippen LogP contribution >= 0.6 is 11.3 Å². The molecule has 0 spiro atoms. The average molecular weight is 251 g/mol. The van der Waals surface area contributed by atoms with E-state index in [4.69, 9.17) is 4.74 Å². The van der Waals surface area contributed by atoms with Crippen molar-refractivity contribution in [1.29, 1.82) is 0 Å². The van der Waals surface area contributed by atoms with Gasteiger partial charge in [-0.3, -0.25) is 0 Å². The van der Waals surface area contributed by atoms with Gasteiger partial charge in [0, 0.05) is 6.54 Å². The molecule has 2 aromatic heterocycles. The minimum absolute atomic E-state index is 0.195. The zero-order chi connectivity index (χ0) is 12.3. The molecule has 0 amide bonds. The van der Waals surface area contributed by atoms with Gasteiger partial charge in [0.15, 0.2) is 5.82 Å². The maximum absolute atomic E-state index is 5.54. The van der Waals surface area contributed by atoms with Gasteiger partial charge in [-0.15, -0.1) is 11.3 Å². The Morgan fingerprint density at radius 1 is 1.41 bits per heavy atom. The fourth-order valence-electron chi connectivity index (χ4n) is 1.51. The summed E-state index contributed by atoms with van der Waals surface area (Å²) in [7, 11) is 0. The number of ether oxygens (including phenoxy) is 1. The molecule has 1 N–H and O–H groups in total. The van der Waals surface area contributed by atoms with Crippen LogP contribution in [0, 0.1) is 0 Å². The van der Waals surface area contributed by atoms with Crippen molar-refractivity contribution in [2.24, 2.45) is 0 Å². The third-order valence-corrected chi connectivity index (χ3v) is 3.07. The molecule has 0 fully saturated rings. The minimum Gasteiger partial charge on any atom is -0.371 e. The summed E-state index contributed by atoms with van der Waals surface area (Å²) >= 11 is 1.63. The Labute approximate surface area is 105 Å². The predicted octanol–water partition coefficient (Wildman–Crippen LogP) is 3.05. The Kier molecular flexibility index (Phi) is 3.91. The summed E-state index contributed by atoms with van der Waals surface area (Å²) in [6.45, 7) is 7.39. The number of anilines is 1. The number of hydrogen-bond acceptors (Lipinski definition) is 5. The van der Waals surface area contributed by atoms with E-state index >= 15 is 0 Å². The first-order chi connectivity index (χ1) is 8.20. The number of thiophene rings is 1. The van der Waals surface area contributed by atoms with E-state index in [2.05, 4.69) is 22.2 Å². The van der Waals surface area contributed by atoms with Crippen LogP contribution in [0.15, 0.2) is 11.4 Å². The van der Waals surface area contributed by atoms with Gasteiger partial charge in [-0.2, -0.15) is 0 Å². The van der Waals surface area contributed by atoms with Crippen molar-refractivity contribution in [2.45, 2.75) is 33.5 Å². The first-order valence-electron chi connectivity index (χ1n) is 5.80. The Hall–Kier alpha value is -1.20. The Bertz CT molecular complexity index is 495. The fourth-order valence-corrected chi connectivity index (χ4v) is 2.29. The molecule has 0 aromatic carbocycles. The molecule has 4 nitrogen and oxygen atoms in total. The zero-order valence-corrected chi connectivity index (χ0v) is 11.2.